The molecule has 0 aliphatic heterocycles. The van der Waals surface area contributed by atoms with Crippen LogP contribution in [0.4, 0.5) is 5.69 Å². The van der Waals surface area contributed by atoms with Crippen LogP contribution < -0.4 is 0 Å². The summed E-state index contributed by atoms with van der Waals surface area (Å²) in [7, 11) is 1.21. The Morgan fingerprint density at radius 2 is 2.06 bits per heavy atom. The second kappa shape index (κ2) is 5.72. The number of Topliss-reactive ketones (excluding diaryl/α,β-unsaturated/α-hetero) is 1. The monoisotopic (exact) mass is 249 g/mol. The van der Waals surface area contributed by atoms with Crippen molar-refractivity contribution in [3.8, 4) is 0 Å². The predicted octanol–water partition coefficient (Wildman–Crippen LogP) is 1.98. The molecule has 18 heavy (non-hydrogen) atoms. The van der Waals surface area contributed by atoms with Gasteiger partial charge in [-0.05, 0) is 19.1 Å². The maximum atomic E-state index is 11.1. The van der Waals surface area contributed by atoms with Gasteiger partial charge in [-0.15, -0.1) is 0 Å². The zero-order valence-corrected chi connectivity index (χ0v) is 9.88. The number of hydrogen-bond donors (Lipinski definition) is 0. The Morgan fingerprint density at radius 1 is 1.39 bits per heavy atom. The molecule has 0 N–H and O–H groups in total. The molecule has 0 aliphatic rings. The Balaban J connectivity index is 3.20. The van der Waals surface area contributed by atoms with E-state index in [2.05, 4.69) is 4.74 Å². The van der Waals surface area contributed by atoms with Gasteiger partial charge in [-0.2, -0.15) is 0 Å². The third kappa shape index (κ3) is 3.24. The van der Waals surface area contributed by atoms with Crippen LogP contribution >= 0.6 is 0 Å². The molecule has 0 radical (unpaired) electrons. The Bertz CT molecular complexity index is 533. The van der Waals surface area contributed by atoms with E-state index >= 15 is 0 Å². The molecule has 0 aromatic heterocycles. The summed E-state index contributed by atoms with van der Waals surface area (Å²) in [4.78, 5) is 32.3. The van der Waals surface area contributed by atoms with E-state index in [1.807, 2.05) is 0 Å². The summed E-state index contributed by atoms with van der Waals surface area (Å²) in [6.45, 7) is 1.32. The zero-order chi connectivity index (χ0) is 13.7. The van der Waals surface area contributed by atoms with E-state index in [1.165, 1.54) is 38.3 Å². The molecule has 0 spiro atoms. The van der Waals surface area contributed by atoms with E-state index in [0.29, 0.717) is 0 Å². The van der Waals surface area contributed by atoms with Crippen molar-refractivity contribution >= 4 is 23.5 Å². The molecule has 94 valence electrons. The van der Waals surface area contributed by atoms with E-state index in [-0.39, 0.29) is 22.6 Å². The molecular weight excluding hydrogens is 238 g/mol. The number of esters is 1. The van der Waals surface area contributed by atoms with Crippen molar-refractivity contribution in [3.05, 3.63) is 45.5 Å². The molecule has 1 rings (SSSR count). The number of ether oxygens (including phenoxy) is 1. The SMILES string of the molecule is COC(=O)/C=C/c1ccc(C(C)=O)cc1[N+](=O)[O-]. The number of benzene rings is 1. The summed E-state index contributed by atoms with van der Waals surface area (Å²) in [6, 6.07) is 4.06. The van der Waals surface area contributed by atoms with Gasteiger partial charge >= 0.3 is 5.97 Å². The molecule has 6 heteroatoms. The fourth-order valence-electron chi connectivity index (χ4n) is 1.29. The number of nitro benzene ring substituents is 1. The summed E-state index contributed by atoms with van der Waals surface area (Å²) in [5.74, 6) is -0.874. The lowest BCUT2D eigenvalue weighted by Gasteiger charge is -2.00. The smallest absolute Gasteiger partial charge is 0.330 e. The highest BCUT2D eigenvalue weighted by Gasteiger charge is 2.14. The Morgan fingerprint density at radius 3 is 2.56 bits per heavy atom. The average molecular weight is 249 g/mol. The molecule has 0 aliphatic carbocycles. The quantitative estimate of drug-likeness (QED) is 0.268. The van der Waals surface area contributed by atoms with Gasteiger partial charge in [-0.25, -0.2) is 4.79 Å². The molecule has 0 atom stereocenters. The Kier molecular flexibility index (Phi) is 4.31. The van der Waals surface area contributed by atoms with Crippen LogP contribution in [0.25, 0.3) is 6.08 Å². The van der Waals surface area contributed by atoms with E-state index in [4.69, 9.17) is 0 Å². The minimum absolute atomic E-state index is 0.232. The molecule has 0 fully saturated rings. The highest BCUT2D eigenvalue weighted by molar-refractivity contribution is 5.95. The van der Waals surface area contributed by atoms with Gasteiger partial charge in [-0.1, -0.05) is 6.07 Å². The van der Waals surface area contributed by atoms with Crippen molar-refractivity contribution in [1.82, 2.24) is 0 Å². The summed E-state index contributed by atoms with van der Waals surface area (Å²) in [5.41, 5.74) is 0.246. The van der Waals surface area contributed by atoms with Crippen molar-refractivity contribution in [2.75, 3.05) is 7.11 Å². The number of carbonyl (C=O) groups is 2. The largest absolute Gasteiger partial charge is 0.466 e. The summed E-state index contributed by atoms with van der Waals surface area (Å²) in [6.07, 6.45) is 2.35. The lowest BCUT2D eigenvalue weighted by molar-refractivity contribution is -0.385. The molecule has 0 bridgehead atoms. The Hall–Kier alpha value is -2.50. The van der Waals surface area contributed by atoms with Gasteiger partial charge in [0.2, 0.25) is 0 Å². The van der Waals surface area contributed by atoms with Crippen LogP contribution in [0.2, 0.25) is 0 Å². The highest BCUT2D eigenvalue weighted by atomic mass is 16.6. The first-order valence-electron chi connectivity index (χ1n) is 5.01. The van der Waals surface area contributed by atoms with Crippen LogP contribution in [-0.2, 0) is 9.53 Å². The zero-order valence-electron chi connectivity index (χ0n) is 9.88. The van der Waals surface area contributed by atoms with Gasteiger partial charge < -0.3 is 4.74 Å². The van der Waals surface area contributed by atoms with Gasteiger partial charge in [0.25, 0.3) is 5.69 Å². The number of nitro groups is 1. The summed E-state index contributed by atoms with van der Waals surface area (Å²) in [5, 5.41) is 10.9. The predicted molar refractivity (Wildman–Crippen MR) is 64.2 cm³/mol. The molecule has 0 saturated heterocycles. The van der Waals surface area contributed by atoms with E-state index in [0.717, 1.165) is 6.08 Å². The lowest BCUT2D eigenvalue weighted by atomic mass is 10.1. The van der Waals surface area contributed by atoms with Crippen LogP contribution in [0.15, 0.2) is 24.3 Å². The normalized spacial score (nSPS) is 10.3. The van der Waals surface area contributed by atoms with Crippen molar-refractivity contribution in [1.29, 1.82) is 0 Å². The number of rotatable bonds is 4. The molecule has 0 unspecified atom stereocenters. The first-order chi connectivity index (χ1) is 8.45. The van der Waals surface area contributed by atoms with Crippen LogP contribution in [0.5, 0.6) is 0 Å². The minimum Gasteiger partial charge on any atom is -0.466 e. The highest BCUT2D eigenvalue weighted by Crippen LogP contribution is 2.22. The van der Waals surface area contributed by atoms with E-state index < -0.39 is 10.9 Å². The van der Waals surface area contributed by atoms with E-state index in [9.17, 15) is 19.7 Å². The van der Waals surface area contributed by atoms with Crippen molar-refractivity contribution in [2.24, 2.45) is 0 Å². The molecule has 6 nitrogen and oxygen atoms in total. The number of hydrogen-bond acceptors (Lipinski definition) is 5. The molecular formula is C12H11NO5. The van der Waals surface area contributed by atoms with Gasteiger partial charge in [-0.3, -0.25) is 14.9 Å². The second-order valence-electron chi connectivity index (χ2n) is 3.44. The number of carbonyl (C=O) groups excluding carboxylic acids is 2. The topological polar surface area (TPSA) is 86.5 Å². The van der Waals surface area contributed by atoms with Crippen molar-refractivity contribution in [2.45, 2.75) is 6.92 Å². The molecule has 0 amide bonds. The maximum Gasteiger partial charge on any atom is 0.330 e. The second-order valence-corrected chi connectivity index (χ2v) is 3.44. The third-order valence-electron chi connectivity index (χ3n) is 2.23. The molecule has 1 aromatic carbocycles. The van der Waals surface area contributed by atoms with Gasteiger partial charge in [0.1, 0.15) is 0 Å². The first kappa shape index (κ1) is 13.6. The third-order valence-corrected chi connectivity index (χ3v) is 2.23. The first-order valence-corrected chi connectivity index (χ1v) is 5.01. The van der Waals surface area contributed by atoms with Crippen molar-refractivity contribution < 1.29 is 19.2 Å². The van der Waals surface area contributed by atoms with Crippen molar-refractivity contribution in [3.63, 3.8) is 0 Å². The number of ketones is 1. The van der Waals surface area contributed by atoms with Crippen LogP contribution in [0, 0.1) is 10.1 Å². The number of nitrogens with zero attached hydrogens (tertiary/aromatic N) is 1. The fourth-order valence-corrected chi connectivity index (χ4v) is 1.29. The summed E-state index contributed by atoms with van der Waals surface area (Å²) >= 11 is 0. The maximum absolute atomic E-state index is 11.1. The van der Waals surface area contributed by atoms with Gasteiger partial charge in [0.15, 0.2) is 5.78 Å². The Labute approximate surface area is 103 Å². The minimum atomic E-state index is -0.611. The van der Waals surface area contributed by atoms with E-state index in [1.54, 1.807) is 0 Å². The fraction of sp³-hybridized carbons (Fsp3) is 0.167. The average Bonchev–Trinajstić information content (AvgIpc) is 2.35. The standard InChI is InChI=1S/C12H11NO5/c1-8(14)10-4-3-9(5-6-12(15)18-2)11(7-10)13(16)17/h3-7H,1-2H3/b6-5+. The van der Waals surface area contributed by atoms with Crippen LogP contribution in [0.1, 0.15) is 22.8 Å². The van der Waals surface area contributed by atoms with Crippen LogP contribution in [0.3, 0.4) is 0 Å². The number of methoxy groups -OCH3 is 1. The van der Waals surface area contributed by atoms with Crippen LogP contribution in [-0.4, -0.2) is 23.8 Å². The molecule has 0 saturated carbocycles. The molecule has 0 heterocycles. The van der Waals surface area contributed by atoms with Gasteiger partial charge in [0.05, 0.1) is 17.6 Å². The molecule has 1 aromatic rings. The lowest BCUT2D eigenvalue weighted by Crippen LogP contribution is -1.98. The summed E-state index contributed by atoms with van der Waals surface area (Å²) < 4.78 is 4.38. The van der Waals surface area contributed by atoms with Gasteiger partial charge in [0, 0.05) is 17.7 Å².